The highest BCUT2D eigenvalue weighted by molar-refractivity contribution is 5.93. The molecule has 0 bridgehead atoms. The molecule has 3 aromatic carbocycles. The summed E-state index contributed by atoms with van der Waals surface area (Å²) in [4.78, 5) is 18.3. The van der Waals surface area contributed by atoms with Gasteiger partial charge in [-0.1, -0.05) is 54.8 Å². The summed E-state index contributed by atoms with van der Waals surface area (Å²) in [6, 6.07) is 27.8. The van der Waals surface area contributed by atoms with Gasteiger partial charge >= 0.3 is 0 Å². The van der Waals surface area contributed by atoms with E-state index < -0.39 is 5.60 Å². The second kappa shape index (κ2) is 14.9. The van der Waals surface area contributed by atoms with E-state index in [-0.39, 0.29) is 23.2 Å². The molecule has 1 aromatic heterocycles. The third-order valence-corrected chi connectivity index (χ3v) is 12.4. The molecule has 2 fully saturated rings. The van der Waals surface area contributed by atoms with Crippen LogP contribution in [0.1, 0.15) is 98.6 Å². The summed E-state index contributed by atoms with van der Waals surface area (Å²) in [5.74, 6) is 7.76. The van der Waals surface area contributed by atoms with E-state index in [4.69, 9.17) is 10.5 Å². The van der Waals surface area contributed by atoms with Crippen LogP contribution in [0.5, 0.6) is 0 Å². The highest BCUT2D eigenvalue weighted by Gasteiger charge is 2.62. The van der Waals surface area contributed by atoms with Crippen LogP contribution in [0.2, 0.25) is 0 Å². The third-order valence-electron chi connectivity index (χ3n) is 12.4. The van der Waals surface area contributed by atoms with Crippen LogP contribution in [-0.2, 0) is 4.79 Å². The van der Waals surface area contributed by atoms with E-state index in [2.05, 4.69) is 84.2 Å². The van der Waals surface area contributed by atoms with Crippen molar-refractivity contribution in [1.29, 1.82) is 10.5 Å². The number of ketones is 1. The third kappa shape index (κ3) is 6.66. The minimum Gasteiger partial charge on any atom is -0.378 e. The number of aromatic nitrogens is 3. The van der Waals surface area contributed by atoms with Crippen LogP contribution in [0.15, 0.2) is 108 Å². The van der Waals surface area contributed by atoms with Crippen molar-refractivity contribution in [3.63, 3.8) is 0 Å². The largest absolute Gasteiger partial charge is 0.378 e. The van der Waals surface area contributed by atoms with E-state index in [1.54, 1.807) is 40.8 Å². The van der Waals surface area contributed by atoms with E-state index >= 15 is 0 Å². The lowest BCUT2D eigenvalue weighted by molar-refractivity contribution is -0.114. The fourth-order valence-electron chi connectivity index (χ4n) is 9.71. The summed E-state index contributed by atoms with van der Waals surface area (Å²) in [6.07, 6.45) is 11.4. The molecule has 4 aromatic rings. The Kier molecular flexibility index (Phi) is 10.1. The first-order valence-corrected chi connectivity index (χ1v) is 18.8. The van der Waals surface area contributed by atoms with Gasteiger partial charge in [0.25, 0.3) is 0 Å². The van der Waals surface area contributed by atoms with Gasteiger partial charge < -0.3 is 10.0 Å². The molecular weight excluding hydrogens is 669 g/mol. The SMILES string of the molecule is CC#C[C@]1(O)CC[C@H]2[C@@H]3CCC4=CC(=O)CCC4=C3[C@@H](c3ccc(N(C)C)cc3)C[C@@]21C.N#Cc1ccc(C(c2ccc(C#N)cc2)n2cncn2)cc1. The second-order valence-corrected chi connectivity index (χ2v) is 15.5. The van der Waals surface area contributed by atoms with E-state index in [1.165, 1.54) is 28.7 Å². The maximum atomic E-state index is 12.2. The Morgan fingerprint density at radius 1 is 0.907 bits per heavy atom. The normalized spacial score (nSPS) is 25.4. The zero-order valence-electron chi connectivity index (χ0n) is 31.5. The van der Waals surface area contributed by atoms with Gasteiger partial charge in [0.2, 0.25) is 0 Å². The predicted molar refractivity (Wildman–Crippen MR) is 209 cm³/mol. The van der Waals surface area contributed by atoms with Crippen molar-refractivity contribution in [1.82, 2.24) is 14.8 Å². The first-order valence-electron chi connectivity index (χ1n) is 18.8. The summed E-state index contributed by atoms with van der Waals surface area (Å²) in [5.41, 5.74) is 8.93. The maximum absolute atomic E-state index is 12.2. The zero-order valence-corrected chi connectivity index (χ0v) is 31.5. The Balaban J connectivity index is 0.000000179. The average molecular weight is 715 g/mol. The summed E-state index contributed by atoms with van der Waals surface area (Å²) in [7, 11) is 4.14. The van der Waals surface area contributed by atoms with Gasteiger partial charge in [-0.15, -0.1) is 5.92 Å². The number of aliphatic hydroxyl groups is 1. The molecule has 54 heavy (non-hydrogen) atoms. The molecule has 272 valence electrons. The van der Waals surface area contributed by atoms with E-state index in [1.807, 2.05) is 37.3 Å². The number of fused-ring (bicyclic) bond motifs is 4. The first-order chi connectivity index (χ1) is 26.1. The molecule has 5 atom stereocenters. The van der Waals surface area contributed by atoms with Crippen LogP contribution in [0.25, 0.3) is 0 Å². The van der Waals surface area contributed by atoms with Crippen molar-refractivity contribution in [3.8, 4) is 24.0 Å². The minimum atomic E-state index is -0.914. The minimum absolute atomic E-state index is 0.150. The number of nitriles is 2. The summed E-state index contributed by atoms with van der Waals surface area (Å²) < 4.78 is 1.75. The van der Waals surface area contributed by atoms with Crippen molar-refractivity contribution in [2.45, 2.75) is 76.4 Å². The second-order valence-electron chi connectivity index (χ2n) is 15.5. The molecule has 4 aliphatic rings. The molecule has 0 saturated heterocycles. The number of carbonyl (C=O) groups excluding carboxylic acids is 1. The van der Waals surface area contributed by atoms with Gasteiger partial charge in [-0.05, 0) is 128 Å². The Morgan fingerprint density at radius 2 is 1.56 bits per heavy atom. The van der Waals surface area contributed by atoms with E-state index in [0.29, 0.717) is 29.4 Å². The number of nitrogens with zero attached hydrogens (tertiary/aromatic N) is 6. The average Bonchev–Trinajstić information content (AvgIpc) is 3.81. The molecule has 0 radical (unpaired) electrons. The standard InChI is InChI=1S/C29H35NO2.C17H11N5/c1-5-15-29(32)16-14-26-24-12-8-20-17-22(31)11-13-23(20)27(24)25(18-28(26,29)2)19-6-9-21(10-7-19)30(3)4;18-9-13-1-5-15(6-2-13)17(22-12-20-11-21-22)16-7-3-14(10-19)4-8-16/h6-7,9-10,17,24-26,32H,8,11-14,16,18H2,1-4H3;1-8,11-12,17H/t24-,25+,26-,28-,29-;/m0./s1. The molecular formula is C46H46N6O2. The number of carbonyl (C=O) groups is 1. The van der Waals surface area contributed by atoms with Crippen molar-refractivity contribution < 1.29 is 9.90 Å². The van der Waals surface area contributed by atoms with Crippen molar-refractivity contribution in [3.05, 3.63) is 136 Å². The van der Waals surface area contributed by atoms with Gasteiger partial charge in [0.15, 0.2) is 5.78 Å². The molecule has 1 heterocycles. The molecule has 8 rings (SSSR count). The monoisotopic (exact) mass is 714 g/mol. The first kappa shape index (κ1) is 36.6. The number of rotatable bonds is 5. The van der Waals surface area contributed by atoms with Gasteiger partial charge in [0, 0.05) is 37.5 Å². The molecule has 0 unspecified atom stereocenters. The van der Waals surface area contributed by atoms with Crippen molar-refractivity contribution in [2.24, 2.45) is 17.3 Å². The highest BCUT2D eigenvalue weighted by atomic mass is 16.3. The van der Waals surface area contributed by atoms with Crippen LogP contribution < -0.4 is 4.90 Å². The van der Waals surface area contributed by atoms with Crippen LogP contribution in [0.4, 0.5) is 5.69 Å². The van der Waals surface area contributed by atoms with Gasteiger partial charge in [-0.3, -0.25) is 4.79 Å². The van der Waals surface area contributed by atoms with E-state index in [0.717, 1.165) is 49.7 Å². The maximum Gasteiger partial charge on any atom is 0.156 e. The van der Waals surface area contributed by atoms with Crippen LogP contribution >= 0.6 is 0 Å². The number of anilines is 1. The fourth-order valence-corrected chi connectivity index (χ4v) is 9.71. The van der Waals surface area contributed by atoms with Gasteiger partial charge in [0.1, 0.15) is 24.3 Å². The Hall–Kier alpha value is -5.75. The number of hydrogen-bond acceptors (Lipinski definition) is 7. The Bertz CT molecular complexity index is 2170. The predicted octanol–water partition coefficient (Wildman–Crippen LogP) is 8.07. The lowest BCUT2D eigenvalue weighted by Gasteiger charge is -2.53. The molecule has 4 aliphatic carbocycles. The highest BCUT2D eigenvalue weighted by Crippen LogP contribution is 2.66. The van der Waals surface area contributed by atoms with Crippen molar-refractivity contribution >= 4 is 11.5 Å². The molecule has 0 aliphatic heterocycles. The van der Waals surface area contributed by atoms with Crippen LogP contribution in [0, 0.1) is 51.8 Å². The van der Waals surface area contributed by atoms with Gasteiger partial charge in [0.05, 0.1) is 23.3 Å². The Labute approximate surface area is 318 Å². The molecule has 2 saturated carbocycles. The van der Waals surface area contributed by atoms with Crippen LogP contribution in [0.3, 0.4) is 0 Å². The van der Waals surface area contributed by atoms with Gasteiger partial charge in [-0.25, -0.2) is 9.67 Å². The molecule has 1 N–H and O–H groups in total. The van der Waals surface area contributed by atoms with Gasteiger partial charge in [-0.2, -0.15) is 15.6 Å². The summed E-state index contributed by atoms with van der Waals surface area (Å²) in [6.45, 7) is 4.15. The van der Waals surface area contributed by atoms with Crippen LogP contribution in [-0.4, -0.2) is 45.4 Å². The summed E-state index contributed by atoms with van der Waals surface area (Å²) >= 11 is 0. The lowest BCUT2D eigenvalue weighted by Crippen LogP contribution is -2.51. The lowest BCUT2D eigenvalue weighted by atomic mass is 9.51. The summed E-state index contributed by atoms with van der Waals surface area (Å²) in [5, 5.41) is 33.8. The number of hydrogen-bond donors (Lipinski definition) is 1. The topological polar surface area (TPSA) is 119 Å². The number of benzene rings is 3. The smallest absolute Gasteiger partial charge is 0.156 e. The molecule has 0 amide bonds. The Morgan fingerprint density at radius 3 is 2.11 bits per heavy atom. The fraction of sp³-hybridized carbons (Fsp3) is 0.370. The molecule has 8 heteroatoms. The van der Waals surface area contributed by atoms with Crippen molar-refractivity contribution in [2.75, 3.05) is 19.0 Å². The van der Waals surface area contributed by atoms with E-state index in [9.17, 15) is 9.90 Å². The quantitative estimate of drug-likeness (QED) is 0.208. The molecule has 8 nitrogen and oxygen atoms in total. The molecule has 0 spiro atoms. The zero-order chi connectivity index (χ0) is 38.0. The number of allylic oxidation sites excluding steroid dienone is 4.